The van der Waals surface area contributed by atoms with Gasteiger partial charge in [0.05, 0.1) is 13.2 Å². The van der Waals surface area contributed by atoms with Gasteiger partial charge in [-0.1, -0.05) is 0 Å². The molecule has 0 radical (unpaired) electrons. The molecule has 16 heavy (non-hydrogen) atoms. The molecule has 0 aliphatic heterocycles. The summed E-state index contributed by atoms with van der Waals surface area (Å²) in [5.41, 5.74) is 0. The highest BCUT2D eigenvalue weighted by molar-refractivity contribution is 5.67. The van der Waals surface area contributed by atoms with Crippen molar-refractivity contribution in [1.29, 1.82) is 0 Å². The number of nitrogens with zero attached hydrogens (tertiary/aromatic N) is 1. The average Bonchev–Trinajstić information content (AvgIpc) is 2.19. The molecular weight excluding hydrogens is 231 g/mol. The van der Waals surface area contributed by atoms with E-state index in [-0.39, 0.29) is 26.3 Å². The predicted molar refractivity (Wildman–Crippen MR) is 47.9 cm³/mol. The van der Waals surface area contributed by atoms with Gasteiger partial charge in [-0.15, -0.1) is 0 Å². The number of carbonyl (C=O) groups excluding carboxylic acids is 1. The molecule has 0 atom stereocenters. The van der Waals surface area contributed by atoms with E-state index in [4.69, 9.17) is 5.11 Å². The molecular formula is C8H14F3NO4. The second kappa shape index (κ2) is 7.29. The fraction of sp³-hybridized carbons (Fsp3) is 0.875. The van der Waals surface area contributed by atoms with E-state index in [0.29, 0.717) is 0 Å². The van der Waals surface area contributed by atoms with Gasteiger partial charge >= 0.3 is 12.3 Å². The van der Waals surface area contributed by atoms with Gasteiger partial charge in [-0.2, -0.15) is 13.2 Å². The minimum atomic E-state index is -4.55. The fourth-order valence-corrected chi connectivity index (χ4v) is 0.851. The molecule has 1 N–H and O–H groups in total. The van der Waals surface area contributed by atoms with Crippen LogP contribution in [0.15, 0.2) is 0 Å². The van der Waals surface area contributed by atoms with Gasteiger partial charge in [0.15, 0.2) is 6.61 Å². The number of hydrogen-bond acceptors (Lipinski definition) is 4. The van der Waals surface area contributed by atoms with Gasteiger partial charge in [0.2, 0.25) is 0 Å². The Labute approximate surface area is 90.7 Å². The lowest BCUT2D eigenvalue weighted by molar-refractivity contribution is -0.162. The largest absolute Gasteiger partial charge is 0.440 e. The summed E-state index contributed by atoms with van der Waals surface area (Å²) in [5.74, 6) is 0. The van der Waals surface area contributed by atoms with Crippen LogP contribution in [0.3, 0.4) is 0 Å². The van der Waals surface area contributed by atoms with Crippen molar-refractivity contribution in [2.75, 3.05) is 40.0 Å². The first-order chi connectivity index (χ1) is 7.40. The molecule has 0 unspecified atom stereocenters. The van der Waals surface area contributed by atoms with Crippen LogP contribution in [0.25, 0.3) is 0 Å². The van der Waals surface area contributed by atoms with Crippen LogP contribution in [0.1, 0.15) is 0 Å². The summed E-state index contributed by atoms with van der Waals surface area (Å²) in [6.07, 6.45) is -5.68. The number of methoxy groups -OCH3 is 1. The summed E-state index contributed by atoms with van der Waals surface area (Å²) in [6.45, 7) is -1.87. The topological polar surface area (TPSA) is 59.0 Å². The van der Waals surface area contributed by atoms with Gasteiger partial charge in [-0.25, -0.2) is 4.79 Å². The molecule has 8 heteroatoms. The monoisotopic (exact) mass is 245 g/mol. The molecule has 0 aromatic rings. The second-order valence-electron chi connectivity index (χ2n) is 2.87. The van der Waals surface area contributed by atoms with Gasteiger partial charge in [-0.3, -0.25) is 0 Å². The molecule has 0 saturated carbocycles. The van der Waals surface area contributed by atoms with Gasteiger partial charge < -0.3 is 19.5 Å². The van der Waals surface area contributed by atoms with Crippen molar-refractivity contribution in [3.8, 4) is 0 Å². The molecule has 1 amide bonds. The van der Waals surface area contributed by atoms with E-state index in [1.807, 2.05) is 0 Å². The number of hydrogen-bond donors (Lipinski definition) is 1. The molecule has 0 aliphatic rings. The van der Waals surface area contributed by atoms with Crippen LogP contribution in [0.5, 0.6) is 0 Å². The van der Waals surface area contributed by atoms with E-state index in [1.165, 1.54) is 7.11 Å². The third kappa shape index (κ3) is 7.30. The maximum atomic E-state index is 11.7. The fourth-order valence-electron chi connectivity index (χ4n) is 0.851. The molecule has 5 nitrogen and oxygen atoms in total. The van der Waals surface area contributed by atoms with E-state index in [0.717, 1.165) is 4.90 Å². The second-order valence-corrected chi connectivity index (χ2v) is 2.87. The number of ether oxygens (including phenoxy) is 2. The molecule has 0 bridgehead atoms. The van der Waals surface area contributed by atoms with Crippen LogP contribution in [-0.2, 0) is 9.47 Å². The lowest BCUT2D eigenvalue weighted by atomic mass is 10.5. The summed E-state index contributed by atoms with van der Waals surface area (Å²) in [7, 11) is 1.39. The summed E-state index contributed by atoms with van der Waals surface area (Å²) in [5, 5.41) is 8.60. The molecule has 0 fully saturated rings. The molecule has 0 aliphatic carbocycles. The Hall–Kier alpha value is -1.02. The molecule has 0 spiro atoms. The Bertz CT molecular complexity index is 210. The highest BCUT2D eigenvalue weighted by Gasteiger charge is 2.30. The van der Waals surface area contributed by atoms with E-state index >= 15 is 0 Å². The zero-order valence-corrected chi connectivity index (χ0v) is 8.79. The number of rotatable bonds is 6. The normalized spacial score (nSPS) is 11.3. The number of aliphatic hydroxyl groups is 1. The van der Waals surface area contributed by atoms with Crippen molar-refractivity contribution < 1.29 is 32.5 Å². The Kier molecular flexibility index (Phi) is 6.82. The smallest absolute Gasteiger partial charge is 0.422 e. The van der Waals surface area contributed by atoms with E-state index in [2.05, 4.69) is 9.47 Å². The van der Waals surface area contributed by atoms with Crippen LogP contribution >= 0.6 is 0 Å². The SMILES string of the molecule is COCCN(CCO)C(=O)OCC(F)(F)F. The Balaban J connectivity index is 4.05. The van der Waals surface area contributed by atoms with Gasteiger partial charge in [0.25, 0.3) is 0 Å². The summed E-state index contributed by atoms with van der Waals surface area (Å²) >= 11 is 0. The van der Waals surface area contributed by atoms with Crippen LogP contribution < -0.4 is 0 Å². The third-order valence-electron chi connectivity index (χ3n) is 1.55. The van der Waals surface area contributed by atoms with Crippen molar-refractivity contribution in [1.82, 2.24) is 4.90 Å². The van der Waals surface area contributed by atoms with Crippen LogP contribution in [0.4, 0.5) is 18.0 Å². The van der Waals surface area contributed by atoms with Crippen LogP contribution in [0, 0.1) is 0 Å². The maximum Gasteiger partial charge on any atom is 0.422 e. The van der Waals surface area contributed by atoms with E-state index in [9.17, 15) is 18.0 Å². The quantitative estimate of drug-likeness (QED) is 0.745. The Morgan fingerprint density at radius 3 is 2.44 bits per heavy atom. The van der Waals surface area contributed by atoms with Crippen LogP contribution in [0.2, 0.25) is 0 Å². The maximum absolute atomic E-state index is 11.7. The highest BCUT2D eigenvalue weighted by atomic mass is 19.4. The standard InChI is InChI=1S/C8H14F3NO4/c1-15-5-3-12(2-4-13)7(14)16-6-8(9,10)11/h13H,2-6H2,1H3. The van der Waals surface area contributed by atoms with Gasteiger partial charge in [-0.05, 0) is 0 Å². The number of carbonyl (C=O) groups is 1. The minimum absolute atomic E-state index is 0.0632. The lowest BCUT2D eigenvalue weighted by Crippen LogP contribution is -2.38. The first-order valence-electron chi connectivity index (χ1n) is 4.49. The molecule has 0 heterocycles. The molecule has 96 valence electrons. The van der Waals surface area contributed by atoms with Crippen molar-refractivity contribution in [2.24, 2.45) is 0 Å². The van der Waals surface area contributed by atoms with E-state index in [1.54, 1.807) is 0 Å². The van der Waals surface area contributed by atoms with Gasteiger partial charge in [0.1, 0.15) is 0 Å². The lowest BCUT2D eigenvalue weighted by Gasteiger charge is -2.21. The number of amides is 1. The molecule has 0 aromatic carbocycles. The number of aliphatic hydroxyl groups excluding tert-OH is 1. The molecule has 0 aromatic heterocycles. The first kappa shape index (κ1) is 15.0. The summed E-state index contributed by atoms with van der Waals surface area (Å²) in [6, 6.07) is 0. The average molecular weight is 245 g/mol. The third-order valence-corrected chi connectivity index (χ3v) is 1.55. The summed E-state index contributed by atoms with van der Waals surface area (Å²) < 4.78 is 43.9. The Morgan fingerprint density at radius 2 is 2.00 bits per heavy atom. The first-order valence-corrected chi connectivity index (χ1v) is 4.49. The van der Waals surface area contributed by atoms with Crippen molar-refractivity contribution >= 4 is 6.09 Å². The van der Waals surface area contributed by atoms with Crippen LogP contribution in [-0.4, -0.2) is 62.3 Å². The van der Waals surface area contributed by atoms with Crippen molar-refractivity contribution in [3.63, 3.8) is 0 Å². The van der Waals surface area contributed by atoms with E-state index < -0.39 is 18.9 Å². The Morgan fingerprint density at radius 1 is 1.38 bits per heavy atom. The summed E-state index contributed by atoms with van der Waals surface area (Å²) in [4.78, 5) is 12.1. The van der Waals surface area contributed by atoms with Crippen molar-refractivity contribution in [2.45, 2.75) is 6.18 Å². The highest BCUT2D eigenvalue weighted by Crippen LogP contribution is 2.15. The zero-order valence-electron chi connectivity index (χ0n) is 8.79. The molecule has 0 rings (SSSR count). The number of halogens is 3. The van der Waals surface area contributed by atoms with Gasteiger partial charge in [0, 0.05) is 20.2 Å². The zero-order chi connectivity index (χ0) is 12.6. The van der Waals surface area contributed by atoms with Crippen molar-refractivity contribution in [3.05, 3.63) is 0 Å². The molecule has 0 saturated heterocycles. The minimum Gasteiger partial charge on any atom is -0.440 e. The predicted octanol–water partition coefficient (Wildman–Crippen LogP) is 0.626. The number of alkyl halides is 3.